The molecule has 0 unspecified atom stereocenters. The van der Waals surface area contributed by atoms with Gasteiger partial charge in [0.1, 0.15) is 11.5 Å². The van der Waals surface area contributed by atoms with E-state index in [1.165, 1.54) is 0 Å². The molecule has 0 atom stereocenters. The summed E-state index contributed by atoms with van der Waals surface area (Å²) in [5.41, 5.74) is 6.95. The summed E-state index contributed by atoms with van der Waals surface area (Å²) in [6.45, 7) is 20.5. The number of hydrogen-bond acceptors (Lipinski definition) is 4. The van der Waals surface area contributed by atoms with Gasteiger partial charge in [0.15, 0.2) is 0 Å². The third-order valence-corrected chi connectivity index (χ3v) is 6.54. The molecule has 0 spiro atoms. The summed E-state index contributed by atoms with van der Waals surface area (Å²) >= 11 is 0. The number of aryl methyl sites for hydroxylation is 2. The number of hydrogen-bond donors (Lipinski definition) is 2. The summed E-state index contributed by atoms with van der Waals surface area (Å²) < 4.78 is 5.75. The summed E-state index contributed by atoms with van der Waals surface area (Å²) in [6, 6.07) is 16.3. The molecule has 3 aromatic carbocycles. The maximum absolute atomic E-state index is 11.5. The molecule has 0 heterocycles. The zero-order valence-electron chi connectivity index (χ0n) is 23.5. The van der Waals surface area contributed by atoms with Crippen molar-refractivity contribution in [3.8, 4) is 22.6 Å². The second kappa shape index (κ2) is 10.6. The van der Waals surface area contributed by atoms with Gasteiger partial charge < -0.3 is 19.8 Å². The van der Waals surface area contributed by atoms with Gasteiger partial charge in [0.25, 0.3) is 0 Å². The quantitative estimate of drug-likeness (QED) is 0.329. The first kappa shape index (κ1) is 27.6. The smallest absolute Gasteiger partial charge is 0.142 e. The molecule has 0 saturated carbocycles. The van der Waals surface area contributed by atoms with Crippen LogP contribution in [0.15, 0.2) is 48.5 Å². The van der Waals surface area contributed by atoms with Crippen molar-refractivity contribution < 1.29 is 14.9 Å². The Labute approximate surface area is 217 Å². The first-order valence-electron chi connectivity index (χ1n) is 12.9. The van der Waals surface area contributed by atoms with Crippen LogP contribution in [0.5, 0.6) is 11.5 Å². The van der Waals surface area contributed by atoms with Crippen LogP contribution in [0.25, 0.3) is 11.1 Å². The molecular weight excluding hydrogens is 446 g/mol. The highest BCUT2D eigenvalue weighted by Crippen LogP contribution is 2.46. The lowest BCUT2D eigenvalue weighted by Gasteiger charge is -2.31. The second-order valence-corrected chi connectivity index (χ2v) is 11.8. The lowest BCUT2D eigenvalue weighted by atomic mass is 9.83. The van der Waals surface area contributed by atoms with Crippen molar-refractivity contribution in [3.63, 3.8) is 0 Å². The van der Waals surface area contributed by atoms with Gasteiger partial charge >= 0.3 is 0 Å². The van der Waals surface area contributed by atoms with Crippen molar-refractivity contribution in [3.05, 3.63) is 70.8 Å². The van der Waals surface area contributed by atoms with Gasteiger partial charge in [0.05, 0.1) is 12.3 Å². The maximum atomic E-state index is 11.5. The molecule has 0 aliphatic carbocycles. The van der Waals surface area contributed by atoms with Crippen LogP contribution in [0, 0.1) is 13.8 Å². The van der Waals surface area contributed by atoms with E-state index in [0.29, 0.717) is 25.5 Å². The molecule has 0 aliphatic rings. The van der Waals surface area contributed by atoms with Crippen molar-refractivity contribution >= 4 is 11.4 Å². The number of nitrogens with zero attached hydrogens (tertiary/aromatic N) is 1. The Morgan fingerprint density at radius 1 is 0.722 bits per heavy atom. The second-order valence-electron chi connectivity index (χ2n) is 11.8. The van der Waals surface area contributed by atoms with Crippen LogP contribution in [0.3, 0.4) is 0 Å². The van der Waals surface area contributed by atoms with Crippen molar-refractivity contribution in [2.45, 2.75) is 73.1 Å². The minimum Gasteiger partial charge on any atom is -0.507 e. The van der Waals surface area contributed by atoms with Crippen molar-refractivity contribution in [2.24, 2.45) is 0 Å². The summed E-state index contributed by atoms with van der Waals surface area (Å²) in [7, 11) is 0. The fourth-order valence-electron chi connectivity index (χ4n) is 4.70. The van der Waals surface area contributed by atoms with Crippen LogP contribution >= 0.6 is 0 Å². The van der Waals surface area contributed by atoms with E-state index in [9.17, 15) is 10.2 Å². The van der Waals surface area contributed by atoms with E-state index in [1.807, 2.05) is 37.3 Å². The van der Waals surface area contributed by atoms with Gasteiger partial charge in [-0.2, -0.15) is 0 Å². The minimum atomic E-state index is -0.216. The van der Waals surface area contributed by atoms with Gasteiger partial charge in [-0.25, -0.2) is 0 Å². The lowest BCUT2D eigenvalue weighted by molar-refractivity contribution is 0.155. The summed E-state index contributed by atoms with van der Waals surface area (Å²) in [5.74, 6) is 0.581. The molecule has 0 amide bonds. The largest absolute Gasteiger partial charge is 0.507 e. The molecule has 4 heteroatoms. The molecule has 194 valence electrons. The van der Waals surface area contributed by atoms with Crippen LogP contribution in [-0.2, 0) is 15.6 Å². The number of phenolic OH excluding ortho intramolecular Hbond substituents is 2. The maximum Gasteiger partial charge on any atom is 0.142 e. The van der Waals surface area contributed by atoms with Crippen molar-refractivity contribution in [2.75, 3.05) is 24.7 Å². The van der Waals surface area contributed by atoms with Crippen LogP contribution in [0.4, 0.5) is 11.4 Å². The summed E-state index contributed by atoms with van der Waals surface area (Å²) in [5, 5.41) is 23.0. The SMILES string of the molecule is CCOCCN(c1ccccc1-c1cc(C)cc(C(C)(C)C)c1O)c1cc(C)cc(C(C)(C)C)c1O. The van der Waals surface area contributed by atoms with E-state index >= 15 is 0 Å². The number of ether oxygens (including phenoxy) is 1. The van der Waals surface area contributed by atoms with Crippen molar-refractivity contribution in [1.82, 2.24) is 0 Å². The summed E-state index contributed by atoms with van der Waals surface area (Å²) in [4.78, 5) is 2.13. The predicted molar refractivity (Wildman–Crippen MR) is 152 cm³/mol. The average Bonchev–Trinajstić information content (AvgIpc) is 2.78. The monoisotopic (exact) mass is 489 g/mol. The normalized spacial score (nSPS) is 12.1. The van der Waals surface area contributed by atoms with Crippen LogP contribution in [-0.4, -0.2) is 30.0 Å². The molecule has 0 aliphatic heterocycles. The molecule has 3 aromatic rings. The number of aromatic hydroxyl groups is 2. The van der Waals surface area contributed by atoms with E-state index in [-0.39, 0.29) is 16.6 Å². The van der Waals surface area contributed by atoms with E-state index in [1.54, 1.807) is 0 Å². The van der Waals surface area contributed by atoms with Gasteiger partial charge in [-0.05, 0) is 60.9 Å². The molecule has 2 N–H and O–H groups in total. The fraction of sp³-hybridized carbons (Fsp3) is 0.438. The lowest BCUT2D eigenvalue weighted by Crippen LogP contribution is -2.24. The van der Waals surface area contributed by atoms with E-state index in [0.717, 1.165) is 44.8 Å². The van der Waals surface area contributed by atoms with Gasteiger partial charge in [-0.3, -0.25) is 0 Å². The van der Waals surface area contributed by atoms with Crippen LogP contribution in [0.2, 0.25) is 0 Å². The van der Waals surface area contributed by atoms with Gasteiger partial charge in [-0.1, -0.05) is 71.9 Å². The molecule has 3 rings (SSSR count). The van der Waals surface area contributed by atoms with E-state index in [4.69, 9.17) is 4.74 Å². The molecule has 4 nitrogen and oxygen atoms in total. The fourth-order valence-corrected chi connectivity index (χ4v) is 4.70. The highest BCUT2D eigenvalue weighted by Gasteiger charge is 2.27. The first-order valence-corrected chi connectivity index (χ1v) is 12.9. The van der Waals surface area contributed by atoms with Crippen LogP contribution in [0.1, 0.15) is 70.7 Å². The highest BCUT2D eigenvalue weighted by atomic mass is 16.5. The summed E-state index contributed by atoms with van der Waals surface area (Å²) in [6.07, 6.45) is 0. The van der Waals surface area contributed by atoms with Crippen molar-refractivity contribution in [1.29, 1.82) is 0 Å². The topological polar surface area (TPSA) is 52.9 Å². The molecule has 0 fully saturated rings. The minimum absolute atomic E-state index is 0.204. The Morgan fingerprint density at radius 2 is 1.28 bits per heavy atom. The molecule has 36 heavy (non-hydrogen) atoms. The Morgan fingerprint density at radius 3 is 1.86 bits per heavy atom. The number of rotatable bonds is 7. The zero-order valence-corrected chi connectivity index (χ0v) is 23.5. The molecule has 0 radical (unpaired) electrons. The first-order chi connectivity index (χ1) is 16.8. The predicted octanol–water partition coefficient (Wildman–Crippen LogP) is 8.15. The number of anilines is 2. The zero-order chi connectivity index (χ0) is 26.8. The Kier molecular flexibility index (Phi) is 8.10. The van der Waals surface area contributed by atoms with Gasteiger partial charge in [0, 0.05) is 41.1 Å². The Balaban J connectivity index is 2.30. The van der Waals surface area contributed by atoms with Gasteiger partial charge in [0.2, 0.25) is 0 Å². The van der Waals surface area contributed by atoms with Crippen LogP contribution < -0.4 is 4.90 Å². The Bertz CT molecular complexity index is 1220. The number of benzene rings is 3. The standard InChI is InChI=1S/C32H43NO3/c1-10-36-16-15-33(28-20-22(3)19-26(30(28)35)32(7,8)9)27-14-12-11-13-23(27)24-17-21(2)18-25(29(24)34)31(4,5)6/h11-14,17-20,34-35H,10,15-16H2,1-9H3. The molecule has 0 bridgehead atoms. The molecule has 0 aromatic heterocycles. The van der Waals surface area contributed by atoms with E-state index < -0.39 is 0 Å². The Hall–Kier alpha value is -2.98. The van der Waals surface area contributed by atoms with Gasteiger partial charge in [-0.15, -0.1) is 0 Å². The number of para-hydroxylation sites is 1. The highest BCUT2D eigenvalue weighted by molar-refractivity contribution is 5.87. The number of phenols is 2. The van der Waals surface area contributed by atoms with E-state index in [2.05, 4.69) is 78.5 Å². The average molecular weight is 490 g/mol. The molecule has 0 saturated heterocycles. The molecular formula is C32H43NO3. The third kappa shape index (κ3) is 5.87. The third-order valence-electron chi connectivity index (χ3n) is 6.54.